The quantitative estimate of drug-likeness (QED) is 0.226. The third-order valence-electron chi connectivity index (χ3n) is 5.52. The van der Waals surface area contributed by atoms with Crippen molar-refractivity contribution < 1.29 is 23.9 Å². The lowest BCUT2D eigenvalue weighted by molar-refractivity contribution is -0.123. The lowest BCUT2D eigenvalue weighted by Crippen LogP contribution is -2.27. The molecule has 3 aromatic carbocycles. The molecule has 4 rings (SSSR count). The molecule has 0 atom stereocenters. The van der Waals surface area contributed by atoms with Gasteiger partial charge in [-0.3, -0.25) is 14.5 Å². The van der Waals surface area contributed by atoms with Crippen LogP contribution in [-0.2, 0) is 11.3 Å². The highest BCUT2D eigenvalue weighted by atomic mass is 32.2. The lowest BCUT2D eigenvalue weighted by Gasteiger charge is -2.14. The molecule has 0 saturated carbocycles. The number of thioether (sulfide) groups is 1. The summed E-state index contributed by atoms with van der Waals surface area (Å²) in [5, 5.41) is -0.307. The van der Waals surface area contributed by atoms with Crippen LogP contribution in [0, 0.1) is 13.8 Å². The van der Waals surface area contributed by atoms with Gasteiger partial charge in [0.15, 0.2) is 11.5 Å². The van der Waals surface area contributed by atoms with Gasteiger partial charge < -0.3 is 9.47 Å². The molecular weight excluding hydrogens is 462 g/mol. The smallest absolute Gasteiger partial charge is 0.343 e. The van der Waals surface area contributed by atoms with Crippen molar-refractivity contribution in [3.63, 3.8) is 0 Å². The Morgan fingerprint density at radius 2 is 1.71 bits per heavy atom. The van der Waals surface area contributed by atoms with Gasteiger partial charge in [-0.05, 0) is 79.6 Å². The fourth-order valence-corrected chi connectivity index (χ4v) is 4.40. The Morgan fingerprint density at radius 3 is 2.43 bits per heavy atom. The van der Waals surface area contributed by atoms with Gasteiger partial charge in [-0.2, -0.15) is 0 Å². The summed E-state index contributed by atoms with van der Waals surface area (Å²) in [7, 11) is 0. The molecule has 0 unspecified atom stereocenters. The zero-order valence-corrected chi connectivity index (χ0v) is 20.6. The third kappa shape index (κ3) is 5.63. The SMILES string of the molecule is CCOc1cc(/C=C2\SC(=O)N(Cc3ccccc3C)C2=O)ccc1OC(=O)c1ccc(C)cc1. The first-order valence-electron chi connectivity index (χ1n) is 11.2. The van der Waals surface area contributed by atoms with Gasteiger partial charge >= 0.3 is 5.97 Å². The molecule has 1 heterocycles. The summed E-state index contributed by atoms with van der Waals surface area (Å²) in [6.45, 7) is 6.32. The second kappa shape index (κ2) is 10.6. The minimum absolute atomic E-state index is 0.229. The summed E-state index contributed by atoms with van der Waals surface area (Å²) in [5.41, 5.74) is 4.08. The highest BCUT2D eigenvalue weighted by Gasteiger charge is 2.35. The summed E-state index contributed by atoms with van der Waals surface area (Å²) in [6.07, 6.45) is 1.65. The maximum atomic E-state index is 13.0. The maximum Gasteiger partial charge on any atom is 0.343 e. The molecule has 7 heteroatoms. The van der Waals surface area contributed by atoms with E-state index in [2.05, 4.69) is 0 Å². The van der Waals surface area contributed by atoms with Crippen molar-refractivity contribution >= 4 is 35.0 Å². The maximum absolute atomic E-state index is 13.0. The van der Waals surface area contributed by atoms with E-state index < -0.39 is 5.97 Å². The predicted molar refractivity (Wildman–Crippen MR) is 136 cm³/mol. The summed E-state index contributed by atoms with van der Waals surface area (Å²) in [4.78, 5) is 39.6. The summed E-state index contributed by atoms with van der Waals surface area (Å²) >= 11 is 0.907. The van der Waals surface area contributed by atoms with Crippen molar-refractivity contribution in [2.75, 3.05) is 6.61 Å². The molecule has 6 nitrogen and oxygen atoms in total. The second-order valence-electron chi connectivity index (χ2n) is 8.09. The van der Waals surface area contributed by atoms with Gasteiger partial charge in [0, 0.05) is 0 Å². The van der Waals surface area contributed by atoms with Crippen molar-refractivity contribution in [3.8, 4) is 11.5 Å². The van der Waals surface area contributed by atoms with Gasteiger partial charge in [0.25, 0.3) is 11.1 Å². The van der Waals surface area contributed by atoms with Crippen LogP contribution in [0.4, 0.5) is 4.79 Å². The van der Waals surface area contributed by atoms with E-state index >= 15 is 0 Å². The Kier molecular flexibility index (Phi) is 7.36. The molecule has 0 aromatic heterocycles. The van der Waals surface area contributed by atoms with Crippen molar-refractivity contribution in [2.24, 2.45) is 0 Å². The van der Waals surface area contributed by atoms with Crippen LogP contribution < -0.4 is 9.47 Å². The second-order valence-corrected chi connectivity index (χ2v) is 9.08. The van der Waals surface area contributed by atoms with E-state index in [0.29, 0.717) is 28.4 Å². The number of imide groups is 1. The van der Waals surface area contributed by atoms with Gasteiger partial charge in [0.1, 0.15) is 0 Å². The van der Waals surface area contributed by atoms with Crippen LogP contribution in [0.3, 0.4) is 0 Å². The monoisotopic (exact) mass is 487 g/mol. The van der Waals surface area contributed by atoms with Crippen LogP contribution in [0.5, 0.6) is 11.5 Å². The molecule has 0 bridgehead atoms. The van der Waals surface area contributed by atoms with E-state index in [1.165, 1.54) is 4.90 Å². The molecule has 1 aliphatic rings. The number of rotatable bonds is 7. The molecule has 35 heavy (non-hydrogen) atoms. The minimum atomic E-state index is -0.490. The zero-order valence-electron chi connectivity index (χ0n) is 19.7. The van der Waals surface area contributed by atoms with Crippen LogP contribution in [0.2, 0.25) is 0 Å². The fraction of sp³-hybridized carbons (Fsp3) is 0.179. The molecule has 1 aliphatic heterocycles. The number of hydrogen-bond acceptors (Lipinski definition) is 6. The van der Waals surface area contributed by atoms with E-state index in [1.54, 1.807) is 36.4 Å². The van der Waals surface area contributed by atoms with Gasteiger partial charge in [0.05, 0.1) is 23.6 Å². The molecule has 3 aromatic rings. The van der Waals surface area contributed by atoms with E-state index in [0.717, 1.165) is 28.5 Å². The molecule has 0 N–H and O–H groups in total. The number of carbonyl (C=O) groups excluding carboxylic acids is 3. The topological polar surface area (TPSA) is 72.9 Å². The summed E-state index contributed by atoms with van der Waals surface area (Å²) < 4.78 is 11.2. The Hall–Kier alpha value is -3.84. The Bertz CT molecular complexity index is 1310. The molecule has 0 aliphatic carbocycles. The van der Waals surface area contributed by atoms with Crippen molar-refractivity contribution in [2.45, 2.75) is 27.3 Å². The highest BCUT2D eigenvalue weighted by Crippen LogP contribution is 2.36. The Balaban J connectivity index is 1.54. The van der Waals surface area contributed by atoms with Crippen LogP contribution in [0.25, 0.3) is 6.08 Å². The largest absolute Gasteiger partial charge is 0.490 e. The number of amides is 2. The van der Waals surface area contributed by atoms with Crippen molar-refractivity contribution in [3.05, 3.63) is 99.5 Å². The third-order valence-corrected chi connectivity index (χ3v) is 6.43. The minimum Gasteiger partial charge on any atom is -0.490 e. The standard InChI is InChI=1S/C28H25NO5S/c1-4-33-24-15-20(11-14-23(24)34-27(31)21-12-9-18(2)10-13-21)16-25-26(30)29(28(32)35-25)17-22-8-6-5-7-19(22)3/h5-16H,4,17H2,1-3H3/b25-16-. The number of aryl methyl sites for hydroxylation is 2. The number of ether oxygens (including phenoxy) is 2. The molecule has 0 radical (unpaired) electrons. The van der Waals surface area contributed by atoms with Crippen molar-refractivity contribution in [1.29, 1.82) is 0 Å². The van der Waals surface area contributed by atoms with Gasteiger partial charge in [-0.25, -0.2) is 4.79 Å². The summed E-state index contributed by atoms with van der Waals surface area (Å²) in [5.74, 6) is -0.171. The molecule has 1 fully saturated rings. The number of esters is 1. The van der Waals surface area contributed by atoms with E-state index in [9.17, 15) is 14.4 Å². The van der Waals surface area contributed by atoms with Gasteiger partial charge in [0.2, 0.25) is 0 Å². The molecule has 1 saturated heterocycles. The van der Waals surface area contributed by atoms with Crippen molar-refractivity contribution in [1.82, 2.24) is 4.90 Å². The van der Waals surface area contributed by atoms with Crippen LogP contribution in [-0.4, -0.2) is 28.6 Å². The number of nitrogens with zero attached hydrogens (tertiary/aromatic N) is 1. The first-order valence-corrected chi connectivity index (χ1v) is 12.0. The Morgan fingerprint density at radius 1 is 0.971 bits per heavy atom. The average molecular weight is 488 g/mol. The molecule has 0 spiro atoms. The number of carbonyl (C=O) groups is 3. The number of benzene rings is 3. The summed E-state index contributed by atoms with van der Waals surface area (Å²) in [6, 6.07) is 19.8. The van der Waals surface area contributed by atoms with Crippen LogP contribution in [0.1, 0.15) is 39.5 Å². The van der Waals surface area contributed by atoms with E-state index in [-0.39, 0.29) is 23.4 Å². The Labute approximate surface area is 208 Å². The first-order chi connectivity index (χ1) is 16.9. The van der Waals surface area contributed by atoms with E-state index in [4.69, 9.17) is 9.47 Å². The van der Waals surface area contributed by atoms with Gasteiger partial charge in [-0.15, -0.1) is 0 Å². The normalized spacial score (nSPS) is 14.5. The zero-order chi connectivity index (χ0) is 24.9. The highest BCUT2D eigenvalue weighted by molar-refractivity contribution is 8.18. The molecule has 2 amide bonds. The lowest BCUT2D eigenvalue weighted by atomic mass is 10.1. The average Bonchev–Trinajstić information content (AvgIpc) is 3.10. The predicted octanol–water partition coefficient (Wildman–Crippen LogP) is 6.16. The first kappa shape index (κ1) is 24.3. The number of hydrogen-bond donors (Lipinski definition) is 0. The molecule has 178 valence electrons. The molecular formula is C28H25NO5S. The van der Waals surface area contributed by atoms with Crippen LogP contribution >= 0.6 is 11.8 Å². The van der Waals surface area contributed by atoms with Gasteiger partial charge in [-0.1, -0.05) is 48.0 Å². The van der Waals surface area contributed by atoms with E-state index in [1.807, 2.05) is 57.2 Å². The van der Waals surface area contributed by atoms with Crippen LogP contribution in [0.15, 0.2) is 71.6 Å². The fourth-order valence-electron chi connectivity index (χ4n) is 3.56.